The van der Waals surface area contributed by atoms with Gasteiger partial charge in [-0.1, -0.05) is 12.1 Å². The average Bonchev–Trinajstić information content (AvgIpc) is 2.74. The van der Waals surface area contributed by atoms with Crippen molar-refractivity contribution >= 4 is 11.8 Å². The molecule has 1 nitrogen and oxygen atoms in total. The van der Waals surface area contributed by atoms with Gasteiger partial charge in [0.25, 0.3) is 0 Å². The molecule has 0 saturated carbocycles. The van der Waals surface area contributed by atoms with Gasteiger partial charge in [-0.2, -0.15) is 0 Å². The van der Waals surface area contributed by atoms with E-state index in [2.05, 4.69) is 0 Å². The second-order valence-corrected chi connectivity index (χ2v) is 4.18. The molecule has 1 heterocycles. The quantitative estimate of drug-likeness (QED) is 0.779. The van der Waals surface area contributed by atoms with Gasteiger partial charge in [0.05, 0.1) is 12.0 Å². The van der Waals surface area contributed by atoms with E-state index in [1.165, 1.54) is 12.1 Å². The van der Waals surface area contributed by atoms with Crippen molar-refractivity contribution in [3.05, 3.63) is 59.8 Å². The predicted octanol–water partition coefficient (Wildman–Crippen LogP) is 3.85. The van der Waals surface area contributed by atoms with Gasteiger partial charge in [0, 0.05) is 5.75 Å². The molecule has 0 atom stereocenters. The number of thioether (sulfide) groups is 1. The van der Waals surface area contributed by atoms with Crippen LogP contribution in [0.2, 0.25) is 0 Å². The Kier molecular flexibility index (Phi) is 3.45. The first-order valence-electron chi connectivity index (χ1n) is 4.69. The summed E-state index contributed by atoms with van der Waals surface area (Å²) in [5, 5.41) is 0. The Labute approximate surface area is 92.3 Å². The molecular formula is C12H11FOS. The van der Waals surface area contributed by atoms with Crippen LogP contribution in [0.15, 0.2) is 47.1 Å². The molecule has 0 saturated heterocycles. The molecule has 0 bridgehead atoms. The van der Waals surface area contributed by atoms with Gasteiger partial charge in [0.2, 0.25) is 0 Å². The van der Waals surface area contributed by atoms with Crippen molar-refractivity contribution in [2.45, 2.75) is 11.5 Å². The van der Waals surface area contributed by atoms with Gasteiger partial charge in [0.15, 0.2) is 0 Å². The highest BCUT2D eigenvalue weighted by molar-refractivity contribution is 7.97. The van der Waals surface area contributed by atoms with E-state index in [9.17, 15) is 4.39 Å². The van der Waals surface area contributed by atoms with E-state index < -0.39 is 0 Å². The van der Waals surface area contributed by atoms with Crippen molar-refractivity contribution in [2.24, 2.45) is 0 Å². The Hall–Kier alpha value is -1.22. The molecule has 0 fully saturated rings. The Morgan fingerprint density at radius 1 is 1.07 bits per heavy atom. The maximum atomic E-state index is 12.6. The first kappa shape index (κ1) is 10.3. The van der Waals surface area contributed by atoms with Crippen LogP contribution in [0.25, 0.3) is 0 Å². The van der Waals surface area contributed by atoms with Crippen LogP contribution in [0, 0.1) is 5.82 Å². The van der Waals surface area contributed by atoms with Crippen LogP contribution in [-0.4, -0.2) is 0 Å². The second kappa shape index (κ2) is 5.03. The lowest BCUT2D eigenvalue weighted by atomic mass is 10.2. The van der Waals surface area contributed by atoms with Crippen LogP contribution in [0.4, 0.5) is 4.39 Å². The van der Waals surface area contributed by atoms with Gasteiger partial charge in [0.1, 0.15) is 11.6 Å². The summed E-state index contributed by atoms with van der Waals surface area (Å²) in [6.45, 7) is 0. The molecule has 2 aromatic rings. The van der Waals surface area contributed by atoms with Gasteiger partial charge in [-0.15, -0.1) is 11.8 Å². The maximum absolute atomic E-state index is 12.6. The fraction of sp³-hybridized carbons (Fsp3) is 0.167. The van der Waals surface area contributed by atoms with E-state index in [1.54, 1.807) is 18.0 Å². The number of hydrogen-bond donors (Lipinski definition) is 0. The average molecular weight is 222 g/mol. The molecule has 0 aliphatic rings. The molecule has 0 aliphatic heterocycles. The molecule has 1 aromatic carbocycles. The van der Waals surface area contributed by atoms with E-state index in [-0.39, 0.29) is 5.82 Å². The zero-order valence-electron chi connectivity index (χ0n) is 8.15. The minimum absolute atomic E-state index is 0.185. The van der Waals surface area contributed by atoms with Crippen LogP contribution in [0.1, 0.15) is 11.3 Å². The highest BCUT2D eigenvalue weighted by atomic mass is 32.2. The third-order valence-electron chi connectivity index (χ3n) is 2.01. The summed E-state index contributed by atoms with van der Waals surface area (Å²) in [4.78, 5) is 0. The summed E-state index contributed by atoms with van der Waals surface area (Å²) in [5.41, 5.74) is 1.13. The van der Waals surface area contributed by atoms with Gasteiger partial charge < -0.3 is 4.42 Å². The van der Waals surface area contributed by atoms with Crippen LogP contribution in [0.3, 0.4) is 0 Å². The number of halogens is 1. The molecule has 0 amide bonds. The predicted molar refractivity (Wildman–Crippen MR) is 60.1 cm³/mol. The molecular weight excluding hydrogens is 211 g/mol. The third kappa shape index (κ3) is 3.13. The van der Waals surface area contributed by atoms with Crippen molar-refractivity contribution < 1.29 is 8.81 Å². The van der Waals surface area contributed by atoms with E-state index >= 15 is 0 Å². The lowest BCUT2D eigenvalue weighted by Gasteiger charge is -1.99. The Bertz CT molecular complexity index is 394. The van der Waals surface area contributed by atoms with Gasteiger partial charge in [-0.25, -0.2) is 4.39 Å². The van der Waals surface area contributed by atoms with E-state index in [1.807, 2.05) is 24.3 Å². The monoisotopic (exact) mass is 222 g/mol. The molecule has 0 spiro atoms. The maximum Gasteiger partial charge on any atom is 0.123 e. The summed E-state index contributed by atoms with van der Waals surface area (Å²) in [5.74, 6) is 2.52. The Balaban J connectivity index is 1.81. The minimum Gasteiger partial charge on any atom is -0.468 e. The lowest BCUT2D eigenvalue weighted by molar-refractivity contribution is 0.530. The standard InChI is InChI=1S/C12H11FOS/c13-11-5-3-10(4-6-11)8-15-9-12-2-1-7-14-12/h1-7H,8-9H2. The number of rotatable bonds is 4. The zero-order valence-corrected chi connectivity index (χ0v) is 8.97. The van der Waals surface area contributed by atoms with Crippen LogP contribution >= 0.6 is 11.8 Å². The molecule has 2 rings (SSSR count). The van der Waals surface area contributed by atoms with E-state index in [4.69, 9.17) is 4.42 Å². The molecule has 1 aromatic heterocycles. The summed E-state index contributed by atoms with van der Waals surface area (Å²) in [6.07, 6.45) is 1.67. The highest BCUT2D eigenvalue weighted by Crippen LogP contribution is 2.18. The number of benzene rings is 1. The number of furan rings is 1. The van der Waals surface area contributed by atoms with Gasteiger partial charge in [-0.05, 0) is 29.8 Å². The molecule has 78 valence electrons. The minimum atomic E-state index is -0.185. The number of hydrogen-bond acceptors (Lipinski definition) is 2. The van der Waals surface area contributed by atoms with E-state index in [0.29, 0.717) is 0 Å². The fourth-order valence-corrected chi connectivity index (χ4v) is 2.14. The molecule has 0 unspecified atom stereocenters. The third-order valence-corrected chi connectivity index (χ3v) is 3.03. The molecule has 0 N–H and O–H groups in total. The van der Waals surface area contributed by atoms with Crippen LogP contribution in [-0.2, 0) is 11.5 Å². The van der Waals surface area contributed by atoms with Crippen molar-refractivity contribution in [3.8, 4) is 0 Å². The van der Waals surface area contributed by atoms with Crippen molar-refractivity contribution in [2.75, 3.05) is 0 Å². The van der Waals surface area contributed by atoms with Gasteiger partial charge >= 0.3 is 0 Å². The largest absolute Gasteiger partial charge is 0.468 e. The van der Waals surface area contributed by atoms with Crippen LogP contribution in [0.5, 0.6) is 0 Å². The SMILES string of the molecule is Fc1ccc(CSCc2ccco2)cc1. The van der Waals surface area contributed by atoms with Gasteiger partial charge in [-0.3, -0.25) is 0 Å². The van der Waals surface area contributed by atoms with Crippen molar-refractivity contribution in [3.63, 3.8) is 0 Å². The summed E-state index contributed by atoms with van der Waals surface area (Å²) in [6, 6.07) is 10.4. The fourth-order valence-electron chi connectivity index (χ4n) is 1.24. The van der Waals surface area contributed by atoms with Crippen LogP contribution < -0.4 is 0 Å². The summed E-state index contributed by atoms with van der Waals surface area (Å²) >= 11 is 1.75. The summed E-state index contributed by atoms with van der Waals surface area (Å²) < 4.78 is 17.8. The van der Waals surface area contributed by atoms with Crippen molar-refractivity contribution in [1.29, 1.82) is 0 Å². The highest BCUT2D eigenvalue weighted by Gasteiger charge is 1.97. The smallest absolute Gasteiger partial charge is 0.123 e. The molecule has 0 aliphatic carbocycles. The Morgan fingerprint density at radius 2 is 1.87 bits per heavy atom. The second-order valence-electron chi connectivity index (χ2n) is 3.20. The first-order valence-corrected chi connectivity index (χ1v) is 5.84. The van der Waals surface area contributed by atoms with E-state index in [0.717, 1.165) is 22.8 Å². The topological polar surface area (TPSA) is 13.1 Å². The molecule has 3 heteroatoms. The molecule has 15 heavy (non-hydrogen) atoms. The zero-order chi connectivity index (χ0) is 10.5. The lowest BCUT2D eigenvalue weighted by Crippen LogP contribution is -1.82. The normalized spacial score (nSPS) is 10.5. The Morgan fingerprint density at radius 3 is 2.53 bits per heavy atom. The molecule has 0 radical (unpaired) electrons. The first-order chi connectivity index (χ1) is 7.34. The summed E-state index contributed by atoms with van der Waals surface area (Å²) in [7, 11) is 0. The van der Waals surface area contributed by atoms with Crippen molar-refractivity contribution in [1.82, 2.24) is 0 Å².